The van der Waals surface area contributed by atoms with E-state index in [-0.39, 0.29) is 5.41 Å². The summed E-state index contributed by atoms with van der Waals surface area (Å²) in [7, 11) is 0. The molecule has 20 aromatic carbocycles. The quantitative estimate of drug-likeness (QED) is 0.126. The number of fused-ring (bicyclic) bond motifs is 37. The molecule has 0 spiro atoms. The van der Waals surface area contributed by atoms with E-state index in [4.69, 9.17) is 29.9 Å². The van der Waals surface area contributed by atoms with E-state index in [2.05, 4.69) is 458 Å². The van der Waals surface area contributed by atoms with Crippen molar-refractivity contribution in [1.82, 2.24) is 43.1 Å². The number of hydrogen-bond donors (Lipinski definition) is 0. The summed E-state index contributed by atoms with van der Waals surface area (Å²) in [4.78, 5) is 30.9. The van der Waals surface area contributed by atoms with E-state index in [1.165, 1.54) is 126 Å². The van der Waals surface area contributed by atoms with E-state index in [0.717, 1.165) is 154 Å². The van der Waals surface area contributed by atoms with Gasteiger partial charge >= 0.3 is 0 Å². The molecule has 30 rings (SSSR count). The van der Waals surface area contributed by atoms with Crippen LogP contribution in [-0.2, 0) is 5.41 Å². The van der Waals surface area contributed by atoms with Crippen molar-refractivity contribution in [3.63, 3.8) is 0 Å². The SMILES string of the molecule is CC1(C)c2ccccc2-c2ccc(-c3ccc4cc(-c5ccc6c(c5)c5nc7ccccc7cc5c5nc7ccccc7n65)ccc4c3)cc21.c1ccc2nc3c4cc(-c5cc6ccccc6c6ccccc56)ccc4n4c5ccccc5nc4c3cc2c1.c1ccc2nc3c4cc(-c5ccc(-c6cc7ccccc7c7ccccc67)cc5)ccc4n4c5ccccc5nc4c3cc2c1. The lowest BCUT2D eigenvalue weighted by Crippen LogP contribution is -2.14. The predicted octanol–water partition coefficient (Wildman–Crippen LogP) is 32.4. The van der Waals surface area contributed by atoms with Crippen molar-refractivity contribution in [3.05, 3.63) is 442 Å². The van der Waals surface area contributed by atoms with Crippen LogP contribution >= 0.6 is 0 Å². The molecule has 9 aromatic heterocycles. The standard InChI is InChI=1S/C47H31N3.C42H25N3.C36H21N3/c1-47(2)39-11-5-4-10-35(39)36-21-19-33(27-40(36)47)31-18-16-28-23-30(17-15-29(28)24-31)32-20-22-43-37(25-32)45-38(26-34-9-3-6-12-41(34)48-45)46-49-42-13-7-8-14-44(42)50(43)46;1-3-11-31-29(9-1)24-34(33-13-5-4-12-32(31)33)27-19-17-26(18-20-27)28-21-22-39-35(23-28)41-36(25-30-10-2-6-14-37(30)43-41)42-44-38-15-7-8-16-40(38)45(39)42;1-3-11-25-22(9-1)19-28(27-13-5-4-12-26(25)27)23-17-18-33-29(20-23)35-30(21-24-10-2-6-14-31(24)37-35)36-38-32-15-7-8-16-34(32)39(33)36/h3-27H,1-2H3;1-25H;1-21H. The summed E-state index contributed by atoms with van der Waals surface area (Å²) < 4.78 is 6.89. The van der Waals surface area contributed by atoms with Gasteiger partial charge in [-0.05, 0) is 271 Å². The van der Waals surface area contributed by atoms with Gasteiger partial charge in [0.1, 0.15) is 16.9 Å². The van der Waals surface area contributed by atoms with Crippen LogP contribution in [0.4, 0.5) is 0 Å². The van der Waals surface area contributed by atoms with Gasteiger partial charge in [0, 0.05) is 53.9 Å². The van der Waals surface area contributed by atoms with E-state index >= 15 is 0 Å². The molecular weight excluding hydrogens is 1630 g/mol. The third kappa shape index (κ3) is 11.6. The van der Waals surface area contributed by atoms with E-state index in [1.807, 2.05) is 0 Å². The van der Waals surface area contributed by atoms with Gasteiger partial charge in [-0.3, -0.25) is 13.2 Å². The molecule has 1 aliphatic rings. The van der Waals surface area contributed by atoms with Crippen LogP contribution in [-0.4, -0.2) is 43.1 Å². The van der Waals surface area contributed by atoms with Crippen LogP contribution in [0.3, 0.4) is 0 Å². The fourth-order valence-corrected chi connectivity index (χ4v) is 22.0. The molecule has 0 saturated carbocycles. The number of benzene rings is 20. The highest BCUT2D eigenvalue weighted by Gasteiger charge is 2.36. The topological polar surface area (TPSA) is 90.6 Å². The summed E-state index contributed by atoms with van der Waals surface area (Å²) in [6.07, 6.45) is 0. The Balaban J connectivity index is 0.000000101. The third-order valence-electron chi connectivity index (χ3n) is 28.5. The number of pyridine rings is 6. The van der Waals surface area contributed by atoms with Gasteiger partial charge in [-0.1, -0.05) is 305 Å². The number of aromatic nitrogens is 9. The summed E-state index contributed by atoms with van der Waals surface area (Å²) in [6, 6.07) is 155. The Morgan fingerprint density at radius 1 is 0.164 bits per heavy atom. The van der Waals surface area contributed by atoms with Crippen LogP contribution < -0.4 is 0 Å². The first kappa shape index (κ1) is 75.3. The molecule has 9 heterocycles. The maximum Gasteiger partial charge on any atom is 0.147 e. The zero-order chi connectivity index (χ0) is 88.1. The Morgan fingerprint density at radius 2 is 0.478 bits per heavy atom. The molecule has 0 amide bonds. The van der Waals surface area contributed by atoms with Gasteiger partial charge in [-0.25, -0.2) is 29.9 Å². The van der Waals surface area contributed by atoms with Gasteiger partial charge in [0.05, 0.1) is 82.8 Å². The lowest BCUT2D eigenvalue weighted by molar-refractivity contribution is 0.660. The zero-order valence-electron chi connectivity index (χ0n) is 73.0. The third-order valence-corrected chi connectivity index (χ3v) is 28.5. The molecule has 0 aliphatic heterocycles. The van der Waals surface area contributed by atoms with Gasteiger partial charge < -0.3 is 0 Å². The minimum Gasteiger partial charge on any atom is -0.292 e. The molecule has 29 aromatic rings. The van der Waals surface area contributed by atoms with Crippen LogP contribution in [0.2, 0.25) is 0 Å². The van der Waals surface area contributed by atoms with Crippen molar-refractivity contribution in [2.45, 2.75) is 19.3 Å². The van der Waals surface area contributed by atoms with Gasteiger partial charge in [0.15, 0.2) is 0 Å². The van der Waals surface area contributed by atoms with Crippen molar-refractivity contribution in [3.8, 4) is 66.8 Å². The highest BCUT2D eigenvalue weighted by atomic mass is 15.0. The van der Waals surface area contributed by atoms with Crippen LogP contribution in [0, 0.1) is 0 Å². The van der Waals surface area contributed by atoms with Gasteiger partial charge in [-0.15, -0.1) is 0 Å². The minimum atomic E-state index is -0.0157. The minimum absolute atomic E-state index is 0.0157. The summed E-state index contributed by atoms with van der Waals surface area (Å²) >= 11 is 0. The Hall–Kier alpha value is -17.7. The first-order valence-electron chi connectivity index (χ1n) is 45.9. The van der Waals surface area contributed by atoms with E-state index in [0.29, 0.717) is 0 Å². The lowest BCUT2D eigenvalue weighted by Gasteiger charge is -2.22. The molecule has 0 atom stereocenters. The molecular formula is C125H77N9. The summed E-state index contributed by atoms with van der Waals surface area (Å²) in [5.74, 6) is 0. The Labute approximate surface area is 767 Å². The zero-order valence-corrected chi connectivity index (χ0v) is 73.0. The molecule has 0 saturated heterocycles. The smallest absolute Gasteiger partial charge is 0.147 e. The van der Waals surface area contributed by atoms with Gasteiger partial charge in [-0.2, -0.15) is 0 Å². The Morgan fingerprint density at radius 3 is 0.940 bits per heavy atom. The molecule has 9 heteroatoms. The normalized spacial score (nSPS) is 12.6. The Bertz CT molecular complexity index is 10200. The lowest BCUT2D eigenvalue weighted by atomic mass is 9.81. The van der Waals surface area contributed by atoms with Crippen molar-refractivity contribution < 1.29 is 0 Å². The first-order valence-corrected chi connectivity index (χ1v) is 45.9. The second kappa shape index (κ2) is 29.2. The second-order valence-corrected chi connectivity index (χ2v) is 36.4. The molecule has 622 valence electrons. The van der Waals surface area contributed by atoms with E-state index in [1.54, 1.807) is 0 Å². The fourth-order valence-electron chi connectivity index (χ4n) is 22.0. The van der Waals surface area contributed by atoms with E-state index < -0.39 is 0 Å². The van der Waals surface area contributed by atoms with Crippen molar-refractivity contribution in [1.29, 1.82) is 0 Å². The van der Waals surface area contributed by atoms with Crippen LogP contribution in [0.1, 0.15) is 25.0 Å². The molecule has 0 N–H and O–H groups in total. The Kier molecular flexibility index (Phi) is 16.4. The number of nitrogens with zero attached hydrogens (tertiary/aromatic N) is 9. The van der Waals surface area contributed by atoms with Crippen LogP contribution in [0.25, 0.3) is 269 Å². The summed E-state index contributed by atoms with van der Waals surface area (Å²) in [5.41, 5.74) is 36.0. The molecule has 1 aliphatic carbocycles. The van der Waals surface area contributed by atoms with Crippen LogP contribution in [0.15, 0.2) is 431 Å². The van der Waals surface area contributed by atoms with Crippen LogP contribution in [0.5, 0.6) is 0 Å². The molecule has 9 nitrogen and oxygen atoms in total. The molecule has 134 heavy (non-hydrogen) atoms. The maximum absolute atomic E-state index is 5.24. The van der Waals surface area contributed by atoms with Crippen molar-refractivity contribution in [2.24, 2.45) is 0 Å². The average molecular weight is 1710 g/mol. The highest BCUT2D eigenvalue weighted by Crippen LogP contribution is 2.51. The average Bonchev–Trinajstić information content (AvgIpc) is 1.47. The molecule has 0 fully saturated rings. The predicted molar refractivity (Wildman–Crippen MR) is 561 cm³/mol. The maximum atomic E-state index is 5.24. The molecule has 0 radical (unpaired) electrons. The number of hydrogen-bond acceptors (Lipinski definition) is 6. The summed E-state index contributed by atoms with van der Waals surface area (Å²) in [6.45, 7) is 4.69. The monoisotopic (exact) mass is 1700 g/mol. The largest absolute Gasteiger partial charge is 0.292 e. The van der Waals surface area contributed by atoms with E-state index in [9.17, 15) is 0 Å². The van der Waals surface area contributed by atoms with Gasteiger partial charge in [0.2, 0.25) is 0 Å². The highest BCUT2D eigenvalue weighted by molar-refractivity contribution is 6.21. The number of rotatable bonds is 5. The number of imidazole rings is 3. The summed E-state index contributed by atoms with van der Waals surface area (Å²) in [5, 5.41) is 22.5. The first-order chi connectivity index (χ1) is 66.1. The number of para-hydroxylation sites is 9. The molecule has 0 unspecified atom stereocenters. The fraction of sp³-hybridized carbons (Fsp3) is 0.0240. The molecule has 0 bridgehead atoms. The van der Waals surface area contributed by atoms with Crippen molar-refractivity contribution >= 4 is 202 Å². The van der Waals surface area contributed by atoms with Crippen molar-refractivity contribution in [2.75, 3.05) is 0 Å². The second-order valence-electron chi connectivity index (χ2n) is 36.4. The van der Waals surface area contributed by atoms with Gasteiger partial charge in [0.25, 0.3) is 0 Å².